The second kappa shape index (κ2) is 6.99. The lowest BCUT2D eigenvalue weighted by Crippen LogP contribution is -2.32. The molecule has 0 fully saturated rings. The molecule has 0 radical (unpaired) electrons. The topological polar surface area (TPSA) is 21.3 Å². The fourth-order valence-corrected chi connectivity index (χ4v) is 1.98. The van der Waals surface area contributed by atoms with Crippen LogP contribution in [0.5, 0.6) is 0 Å². The summed E-state index contributed by atoms with van der Waals surface area (Å²) in [6.45, 7) is 9.22. The summed E-state index contributed by atoms with van der Waals surface area (Å²) in [6.07, 6.45) is 0.312. The van der Waals surface area contributed by atoms with E-state index in [2.05, 4.69) is 43.6 Å². The zero-order valence-corrected chi connectivity index (χ0v) is 10.6. The van der Waals surface area contributed by atoms with Crippen LogP contribution >= 0.6 is 11.3 Å². The van der Waals surface area contributed by atoms with Crippen molar-refractivity contribution in [3.05, 3.63) is 22.4 Å². The van der Waals surface area contributed by atoms with Crippen LogP contribution in [0, 0.1) is 5.92 Å². The number of nitrogens with one attached hydrogen (secondary N) is 1. The SMILES string of the molecule is CCNCC(OCc1cccs1)C(C)C. The Morgan fingerprint density at radius 2 is 2.27 bits per heavy atom. The van der Waals surface area contributed by atoms with E-state index in [1.54, 1.807) is 11.3 Å². The van der Waals surface area contributed by atoms with Crippen molar-refractivity contribution in [1.29, 1.82) is 0 Å². The van der Waals surface area contributed by atoms with Crippen LogP contribution in [0.2, 0.25) is 0 Å². The largest absolute Gasteiger partial charge is 0.371 e. The molecule has 0 saturated carbocycles. The number of thiophene rings is 1. The second-order valence-electron chi connectivity index (χ2n) is 3.98. The molecule has 1 unspecified atom stereocenters. The predicted molar refractivity (Wildman–Crippen MR) is 66.3 cm³/mol. The Labute approximate surface area is 96.7 Å². The number of likely N-dealkylation sites (N-methyl/N-ethyl adjacent to an activating group) is 1. The minimum Gasteiger partial charge on any atom is -0.371 e. The van der Waals surface area contributed by atoms with E-state index in [0.717, 1.165) is 19.7 Å². The molecule has 15 heavy (non-hydrogen) atoms. The number of rotatable bonds is 7. The first-order chi connectivity index (χ1) is 7.24. The first-order valence-corrected chi connectivity index (χ1v) is 6.46. The first kappa shape index (κ1) is 12.7. The van der Waals surface area contributed by atoms with Gasteiger partial charge in [-0.05, 0) is 23.9 Å². The zero-order chi connectivity index (χ0) is 11.1. The predicted octanol–water partition coefficient (Wildman–Crippen LogP) is 2.90. The third-order valence-corrected chi connectivity index (χ3v) is 3.21. The molecule has 0 saturated heterocycles. The van der Waals surface area contributed by atoms with Crippen molar-refractivity contribution >= 4 is 11.3 Å². The molecule has 0 aliphatic rings. The highest BCUT2D eigenvalue weighted by atomic mass is 32.1. The Hall–Kier alpha value is -0.380. The third-order valence-electron chi connectivity index (χ3n) is 2.36. The van der Waals surface area contributed by atoms with Crippen molar-refractivity contribution in [1.82, 2.24) is 5.32 Å². The molecule has 2 nitrogen and oxygen atoms in total. The van der Waals surface area contributed by atoms with E-state index in [0.29, 0.717) is 12.0 Å². The highest BCUT2D eigenvalue weighted by Gasteiger charge is 2.13. The molecular formula is C12H21NOS. The highest BCUT2D eigenvalue weighted by molar-refractivity contribution is 7.09. The molecule has 0 aliphatic heterocycles. The average Bonchev–Trinajstić information content (AvgIpc) is 2.70. The molecule has 3 heteroatoms. The lowest BCUT2D eigenvalue weighted by molar-refractivity contribution is 0.0130. The maximum atomic E-state index is 5.90. The lowest BCUT2D eigenvalue weighted by atomic mass is 10.1. The van der Waals surface area contributed by atoms with Gasteiger partial charge in [0.25, 0.3) is 0 Å². The van der Waals surface area contributed by atoms with Crippen LogP contribution in [-0.4, -0.2) is 19.2 Å². The lowest BCUT2D eigenvalue weighted by Gasteiger charge is -2.21. The van der Waals surface area contributed by atoms with Gasteiger partial charge in [0, 0.05) is 11.4 Å². The third kappa shape index (κ3) is 4.78. The van der Waals surface area contributed by atoms with Crippen molar-refractivity contribution in [2.24, 2.45) is 5.92 Å². The summed E-state index contributed by atoms with van der Waals surface area (Å²) < 4.78 is 5.90. The fourth-order valence-electron chi connectivity index (χ4n) is 1.36. The number of ether oxygens (including phenoxy) is 1. The van der Waals surface area contributed by atoms with E-state index in [1.807, 2.05) is 0 Å². The first-order valence-electron chi connectivity index (χ1n) is 5.58. The van der Waals surface area contributed by atoms with Gasteiger partial charge in [0.15, 0.2) is 0 Å². The van der Waals surface area contributed by atoms with Gasteiger partial charge in [-0.3, -0.25) is 0 Å². The zero-order valence-electron chi connectivity index (χ0n) is 9.82. The van der Waals surface area contributed by atoms with Gasteiger partial charge >= 0.3 is 0 Å². The van der Waals surface area contributed by atoms with Gasteiger partial charge < -0.3 is 10.1 Å². The molecule has 0 bridgehead atoms. The summed E-state index contributed by atoms with van der Waals surface area (Å²) in [6, 6.07) is 4.19. The minimum atomic E-state index is 0.312. The molecule has 0 amide bonds. The molecule has 0 aromatic carbocycles. The van der Waals surface area contributed by atoms with Crippen LogP contribution in [0.3, 0.4) is 0 Å². The van der Waals surface area contributed by atoms with E-state index < -0.39 is 0 Å². The van der Waals surface area contributed by atoms with Gasteiger partial charge in [0.1, 0.15) is 0 Å². The fraction of sp³-hybridized carbons (Fsp3) is 0.667. The van der Waals surface area contributed by atoms with Crippen molar-refractivity contribution in [3.63, 3.8) is 0 Å². The molecule has 1 N–H and O–H groups in total. The van der Waals surface area contributed by atoms with Crippen LogP contribution in [0.4, 0.5) is 0 Å². The molecule has 1 rings (SSSR count). The highest BCUT2D eigenvalue weighted by Crippen LogP contribution is 2.13. The molecule has 1 atom stereocenters. The van der Waals surface area contributed by atoms with Crippen molar-refractivity contribution in [3.8, 4) is 0 Å². The van der Waals surface area contributed by atoms with E-state index in [1.165, 1.54) is 4.88 Å². The number of hydrogen-bond acceptors (Lipinski definition) is 3. The van der Waals surface area contributed by atoms with Gasteiger partial charge in [0.05, 0.1) is 12.7 Å². The quantitative estimate of drug-likeness (QED) is 0.773. The van der Waals surface area contributed by atoms with Gasteiger partial charge in [-0.1, -0.05) is 26.8 Å². The summed E-state index contributed by atoms with van der Waals surface area (Å²) in [5.74, 6) is 0.559. The van der Waals surface area contributed by atoms with Crippen LogP contribution in [0.25, 0.3) is 0 Å². The van der Waals surface area contributed by atoms with E-state index in [-0.39, 0.29) is 0 Å². The molecule has 86 valence electrons. The Kier molecular flexibility index (Phi) is 5.91. The summed E-state index contributed by atoms with van der Waals surface area (Å²) in [5, 5.41) is 5.43. The minimum absolute atomic E-state index is 0.312. The average molecular weight is 227 g/mol. The van der Waals surface area contributed by atoms with Gasteiger partial charge in [-0.2, -0.15) is 0 Å². The molecule has 1 aromatic heterocycles. The summed E-state index contributed by atoms with van der Waals surface area (Å²) in [5.41, 5.74) is 0. The monoisotopic (exact) mass is 227 g/mol. The van der Waals surface area contributed by atoms with Crippen molar-refractivity contribution in [2.45, 2.75) is 33.5 Å². The van der Waals surface area contributed by atoms with E-state index >= 15 is 0 Å². The van der Waals surface area contributed by atoms with E-state index in [9.17, 15) is 0 Å². The maximum Gasteiger partial charge on any atom is 0.0813 e. The van der Waals surface area contributed by atoms with Gasteiger partial charge in [0.2, 0.25) is 0 Å². The van der Waals surface area contributed by atoms with Crippen molar-refractivity contribution < 1.29 is 4.74 Å². The molecular weight excluding hydrogens is 206 g/mol. The molecule has 1 aromatic rings. The van der Waals surface area contributed by atoms with Crippen LogP contribution in [0.15, 0.2) is 17.5 Å². The smallest absolute Gasteiger partial charge is 0.0813 e. The Morgan fingerprint density at radius 1 is 1.47 bits per heavy atom. The summed E-state index contributed by atoms with van der Waals surface area (Å²) >= 11 is 1.76. The molecule has 0 aliphatic carbocycles. The van der Waals surface area contributed by atoms with Crippen LogP contribution in [0.1, 0.15) is 25.6 Å². The molecule has 0 spiro atoms. The van der Waals surface area contributed by atoms with Crippen LogP contribution in [-0.2, 0) is 11.3 Å². The standard InChI is InChI=1S/C12H21NOS/c1-4-13-8-12(10(2)3)14-9-11-6-5-7-15-11/h5-7,10,12-13H,4,8-9H2,1-3H3. The Bertz CT molecular complexity index is 246. The van der Waals surface area contributed by atoms with Crippen LogP contribution < -0.4 is 5.32 Å². The summed E-state index contributed by atoms with van der Waals surface area (Å²) in [4.78, 5) is 1.30. The Morgan fingerprint density at radius 3 is 2.80 bits per heavy atom. The van der Waals surface area contributed by atoms with Gasteiger partial charge in [-0.25, -0.2) is 0 Å². The van der Waals surface area contributed by atoms with E-state index in [4.69, 9.17) is 4.74 Å². The summed E-state index contributed by atoms with van der Waals surface area (Å²) in [7, 11) is 0. The second-order valence-corrected chi connectivity index (χ2v) is 5.01. The number of hydrogen-bond donors (Lipinski definition) is 1. The normalized spacial score (nSPS) is 13.3. The van der Waals surface area contributed by atoms with Crippen molar-refractivity contribution in [2.75, 3.05) is 13.1 Å². The molecule has 1 heterocycles. The maximum absolute atomic E-state index is 5.90. The Balaban J connectivity index is 2.31. The van der Waals surface area contributed by atoms with Gasteiger partial charge in [-0.15, -0.1) is 11.3 Å².